The van der Waals surface area contributed by atoms with Crippen LogP contribution in [0, 0.1) is 0 Å². The van der Waals surface area contributed by atoms with E-state index in [4.69, 9.17) is 5.73 Å². The van der Waals surface area contributed by atoms with Gasteiger partial charge in [-0.15, -0.1) is 0 Å². The number of nitrogens with two attached hydrogens (primary N) is 1. The summed E-state index contributed by atoms with van der Waals surface area (Å²) in [7, 11) is 0. The summed E-state index contributed by atoms with van der Waals surface area (Å²) >= 11 is 0. The molecule has 0 aromatic heterocycles. The van der Waals surface area contributed by atoms with Crippen molar-refractivity contribution in [2.24, 2.45) is 5.73 Å². The number of rotatable bonds is 0. The molecule has 0 spiro atoms. The van der Waals surface area contributed by atoms with Gasteiger partial charge in [0.15, 0.2) is 0 Å². The predicted molar refractivity (Wildman–Crippen MR) is 32.9 cm³/mol. The predicted octanol–water partition coefficient (Wildman–Crippen LogP) is 1.03. The molecule has 0 atom stereocenters. The molecule has 0 aliphatic carbocycles. The first-order chi connectivity index (χ1) is 3.42. The third-order valence-corrected chi connectivity index (χ3v) is 0.407. The van der Waals surface area contributed by atoms with Crippen LogP contribution in [0.15, 0.2) is 0 Å². The monoisotopic (exact) mass is 137 g/mol. The fourth-order valence-corrected chi connectivity index (χ4v) is 0.302. The van der Waals surface area contributed by atoms with Gasteiger partial charge in [-0.05, 0) is 20.8 Å². The van der Waals surface area contributed by atoms with Crippen molar-refractivity contribution in [2.45, 2.75) is 26.4 Å². The third-order valence-electron chi connectivity index (χ3n) is 0.407. The van der Waals surface area contributed by atoms with Crippen LogP contribution in [-0.4, -0.2) is 11.7 Å². The van der Waals surface area contributed by atoms with Gasteiger partial charge in [-0.3, -0.25) is 4.70 Å². The van der Waals surface area contributed by atoms with Crippen molar-refractivity contribution in [1.82, 2.24) is 0 Å². The number of halogens is 1. The molecule has 0 aliphatic heterocycles. The highest BCUT2D eigenvalue weighted by Gasteiger charge is 2.12. The minimum Gasteiger partial charge on any atom is -0.444 e. The lowest BCUT2D eigenvalue weighted by molar-refractivity contribution is 0.0600. The molecule has 0 radical (unpaired) electrons. The van der Waals surface area contributed by atoms with Crippen LogP contribution in [0.4, 0.5) is 9.50 Å². The fourth-order valence-electron chi connectivity index (χ4n) is 0.302. The van der Waals surface area contributed by atoms with E-state index in [-0.39, 0.29) is 4.70 Å². The summed E-state index contributed by atoms with van der Waals surface area (Å²) in [5.41, 5.74) is 4.26. The Labute approximate surface area is 53.5 Å². The van der Waals surface area contributed by atoms with Crippen molar-refractivity contribution < 1.29 is 14.2 Å². The maximum atomic E-state index is 10.0. The van der Waals surface area contributed by atoms with E-state index < -0.39 is 11.7 Å². The molecule has 0 heterocycles. The second-order valence-corrected chi connectivity index (χ2v) is 2.53. The zero-order chi connectivity index (χ0) is 6.78. The molecule has 0 aliphatic rings. The largest absolute Gasteiger partial charge is 0.444 e. The van der Waals surface area contributed by atoms with Gasteiger partial charge in [-0.1, -0.05) is 0 Å². The van der Waals surface area contributed by atoms with Gasteiger partial charge in [0.25, 0.3) is 0 Å². The van der Waals surface area contributed by atoms with Gasteiger partial charge in [-0.2, -0.15) is 0 Å². The molecule has 0 saturated carbocycles. The summed E-state index contributed by atoms with van der Waals surface area (Å²) in [5, 5.41) is 0. The van der Waals surface area contributed by atoms with E-state index in [1.807, 2.05) is 0 Å². The van der Waals surface area contributed by atoms with Gasteiger partial charge in [0.1, 0.15) is 5.60 Å². The topological polar surface area (TPSA) is 52.3 Å². The normalized spacial score (nSPS) is 9.67. The summed E-state index contributed by atoms with van der Waals surface area (Å²) in [6.45, 7) is 5.28. The summed E-state index contributed by atoms with van der Waals surface area (Å²) in [5.74, 6) is 0. The maximum Gasteiger partial charge on any atom is 0.405 e. The Morgan fingerprint density at radius 1 is 1.44 bits per heavy atom. The first-order valence-electron chi connectivity index (χ1n) is 2.40. The molecule has 0 aromatic carbocycles. The van der Waals surface area contributed by atoms with E-state index in [0.717, 1.165) is 0 Å². The van der Waals surface area contributed by atoms with Gasteiger partial charge >= 0.3 is 6.09 Å². The first-order valence-corrected chi connectivity index (χ1v) is 2.40. The molecule has 0 fully saturated rings. The molecule has 9 heavy (non-hydrogen) atoms. The molecule has 56 valence electrons. The van der Waals surface area contributed by atoms with Gasteiger partial charge in [0.05, 0.1) is 0 Å². The standard InChI is InChI=1S/C5H11NO2.FH/c1-5(2,3)8-4(6)7;/h1-3H3,(H2,6,7);1H. The van der Waals surface area contributed by atoms with Crippen LogP contribution in [0.25, 0.3) is 0 Å². The number of amides is 1. The average molecular weight is 137 g/mol. The second-order valence-electron chi connectivity index (χ2n) is 2.53. The fraction of sp³-hybridized carbons (Fsp3) is 0.800. The minimum atomic E-state index is -0.725. The molecule has 0 unspecified atom stereocenters. The minimum absolute atomic E-state index is 0. The summed E-state index contributed by atoms with van der Waals surface area (Å²) in [6, 6.07) is 0. The van der Waals surface area contributed by atoms with Crippen LogP contribution in [0.5, 0.6) is 0 Å². The third kappa shape index (κ3) is 11.0. The van der Waals surface area contributed by atoms with Crippen molar-refractivity contribution in [2.75, 3.05) is 0 Å². The Morgan fingerprint density at radius 2 is 1.78 bits per heavy atom. The Hall–Kier alpha value is -0.800. The molecule has 0 bridgehead atoms. The van der Waals surface area contributed by atoms with Crippen molar-refractivity contribution in [3.63, 3.8) is 0 Å². The summed E-state index contributed by atoms with van der Waals surface area (Å²) in [4.78, 5) is 10.0. The van der Waals surface area contributed by atoms with Gasteiger partial charge in [0, 0.05) is 0 Å². The molecule has 4 heteroatoms. The lowest BCUT2D eigenvalue weighted by atomic mass is 10.2. The molecule has 3 nitrogen and oxygen atoms in total. The zero-order valence-corrected chi connectivity index (χ0v) is 5.80. The number of hydrogen-bond acceptors (Lipinski definition) is 2. The summed E-state index contributed by atoms with van der Waals surface area (Å²) in [6.07, 6.45) is -0.725. The highest BCUT2D eigenvalue weighted by Crippen LogP contribution is 2.04. The molecule has 0 rings (SSSR count). The Bertz CT molecular complexity index is 97.6. The van der Waals surface area contributed by atoms with E-state index in [9.17, 15) is 4.79 Å². The van der Waals surface area contributed by atoms with E-state index in [1.165, 1.54) is 0 Å². The highest BCUT2D eigenvalue weighted by atomic mass is 19.0. The first kappa shape index (κ1) is 11.1. The maximum absolute atomic E-state index is 10.0. The van der Waals surface area contributed by atoms with Crippen molar-refractivity contribution in [3.8, 4) is 0 Å². The number of hydrogen-bond donors (Lipinski definition) is 1. The van der Waals surface area contributed by atoms with Crippen LogP contribution in [-0.2, 0) is 4.74 Å². The SMILES string of the molecule is CC(C)(C)OC(N)=O.F. The van der Waals surface area contributed by atoms with E-state index >= 15 is 0 Å². The molecule has 1 amide bonds. The molecule has 0 saturated heterocycles. The van der Waals surface area contributed by atoms with Crippen LogP contribution in [0.1, 0.15) is 20.8 Å². The second kappa shape index (κ2) is 3.27. The quantitative estimate of drug-likeness (QED) is 0.542. The van der Waals surface area contributed by atoms with Crippen molar-refractivity contribution in [3.05, 3.63) is 0 Å². The van der Waals surface area contributed by atoms with Crippen LogP contribution in [0.3, 0.4) is 0 Å². The zero-order valence-electron chi connectivity index (χ0n) is 5.80. The van der Waals surface area contributed by atoms with Crippen molar-refractivity contribution in [1.29, 1.82) is 0 Å². The van der Waals surface area contributed by atoms with Crippen LogP contribution in [0.2, 0.25) is 0 Å². The Morgan fingerprint density at radius 3 is 1.78 bits per heavy atom. The Balaban J connectivity index is 0. The molecular weight excluding hydrogens is 125 g/mol. The smallest absolute Gasteiger partial charge is 0.405 e. The van der Waals surface area contributed by atoms with Crippen LogP contribution < -0.4 is 5.73 Å². The van der Waals surface area contributed by atoms with E-state index in [0.29, 0.717) is 0 Å². The lowest BCUT2D eigenvalue weighted by Crippen LogP contribution is -2.27. The number of primary amides is 1. The Kier molecular flexibility index (Phi) is 4.02. The molecule has 2 N–H and O–H groups in total. The van der Waals surface area contributed by atoms with Gasteiger partial charge in [-0.25, -0.2) is 4.79 Å². The number of carbonyl (C=O) groups excluding carboxylic acids is 1. The number of ether oxygens (including phenoxy) is 1. The lowest BCUT2D eigenvalue weighted by Gasteiger charge is -2.16. The average Bonchev–Trinajstić information content (AvgIpc) is 1.21. The highest BCUT2D eigenvalue weighted by molar-refractivity contribution is 5.65. The van der Waals surface area contributed by atoms with Gasteiger partial charge < -0.3 is 10.5 Å². The van der Waals surface area contributed by atoms with E-state index in [2.05, 4.69) is 4.74 Å². The molecule has 0 aromatic rings. The van der Waals surface area contributed by atoms with Gasteiger partial charge in [0.2, 0.25) is 0 Å². The van der Waals surface area contributed by atoms with Crippen molar-refractivity contribution >= 4 is 6.09 Å². The number of carbonyl (C=O) groups is 1. The molecular formula is C5H12FNO2. The van der Waals surface area contributed by atoms with Crippen LogP contribution >= 0.6 is 0 Å². The van der Waals surface area contributed by atoms with E-state index in [1.54, 1.807) is 20.8 Å². The summed E-state index contributed by atoms with van der Waals surface area (Å²) < 4.78 is 4.58.